The highest BCUT2D eigenvalue weighted by Crippen LogP contribution is 2.37. The van der Waals surface area contributed by atoms with E-state index in [0.717, 1.165) is 11.1 Å². The number of esters is 2. The average Bonchev–Trinajstić information content (AvgIpc) is 2.77. The number of rotatable bonds is 3. The molecule has 0 amide bonds. The molecule has 1 heterocycles. The molecule has 1 aromatic carbocycles. The van der Waals surface area contributed by atoms with E-state index in [1.807, 2.05) is 19.1 Å². The summed E-state index contributed by atoms with van der Waals surface area (Å²) in [4.78, 5) is 24.0. The van der Waals surface area contributed by atoms with Gasteiger partial charge in [-0.25, -0.2) is 9.59 Å². The minimum Gasteiger partial charge on any atom is -0.466 e. The molecular formula is C14H16O5. The van der Waals surface area contributed by atoms with Crippen molar-refractivity contribution in [2.75, 3.05) is 13.7 Å². The number of benzene rings is 1. The number of carbonyl (C=O) groups is 2. The smallest absolute Gasteiger partial charge is 0.362 e. The van der Waals surface area contributed by atoms with E-state index in [1.165, 1.54) is 7.11 Å². The summed E-state index contributed by atoms with van der Waals surface area (Å²) in [5.41, 5.74) is 0.0771. The van der Waals surface area contributed by atoms with Crippen LogP contribution in [0.2, 0.25) is 0 Å². The van der Waals surface area contributed by atoms with Gasteiger partial charge in [-0.2, -0.15) is 0 Å². The Bertz CT molecular complexity index is 523. The maximum atomic E-state index is 12.1. The molecule has 1 atom stereocenters. The van der Waals surface area contributed by atoms with Crippen LogP contribution in [0.15, 0.2) is 18.2 Å². The van der Waals surface area contributed by atoms with Crippen molar-refractivity contribution in [2.24, 2.45) is 0 Å². The predicted octanol–water partition coefficient (Wildman–Crippen LogP) is 1.40. The molecule has 19 heavy (non-hydrogen) atoms. The first-order valence-corrected chi connectivity index (χ1v) is 6.07. The van der Waals surface area contributed by atoms with Crippen LogP contribution in [-0.2, 0) is 25.5 Å². The van der Waals surface area contributed by atoms with Gasteiger partial charge in [0.1, 0.15) is 5.75 Å². The van der Waals surface area contributed by atoms with Crippen LogP contribution in [0.1, 0.15) is 18.1 Å². The largest absolute Gasteiger partial charge is 0.466 e. The number of carbonyl (C=O) groups excluding carboxylic acids is 2. The van der Waals surface area contributed by atoms with E-state index in [9.17, 15) is 9.59 Å². The highest BCUT2D eigenvalue weighted by Gasteiger charge is 2.55. The summed E-state index contributed by atoms with van der Waals surface area (Å²) < 4.78 is 15.2. The number of methoxy groups -OCH3 is 1. The van der Waals surface area contributed by atoms with Gasteiger partial charge in [0.15, 0.2) is 0 Å². The van der Waals surface area contributed by atoms with Gasteiger partial charge in [0.05, 0.1) is 13.7 Å². The van der Waals surface area contributed by atoms with Crippen LogP contribution in [-0.4, -0.2) is 31.3 Å². The van der Waals surface area contributed by atoms with Gasteiger partial charge in [-0.05, 0) is 31.0 Å². The number of hydrogen-bond donors (Lipinski definition) is 0. The van der Waals surface area contributed by atoms with Crippen LogP contribution < -0.4 is 4.74 Å². The summed E-state index contributed by atoms with van der Waals surface area (Å²) in [5, 5.41) is 0. The maximum absolute atomic E-state index is 12.1. The van der Waals surface area contributed by atoms with Gasteiger partial charge in [-0.1, -0.05) is 12.1 Å². The van der Waals surface area contributed by atoms with E-state index in [2.05, 4.69) is 0 Å². The molecule has 0 radical (unpaired) electrons. The molecule has 5 nitrogen and oxygen atoms in total. The Kier molecular flexibility index (Phi) is 3.46. The number of hydrogen-bond acceptors (Lipinski definition) is 5. The Morgan fingerprint density at radius 1 is 1.37 bits per heavy atom. The van der Waals surface area contributed by atoms with E-state index in [-0.39, 0.29) is 13.0 Å². The first-order chi connectivity index (χ1) is 9.03. The van der Waals surface area contributed by atoms with E-state index in [1.54, 1.807) is 13.0 Å². The van der Waals surface area contributed by atoms with Crippen LogP contribution in [0.3, 0.4) is 0 Å². The fourth-order valence-corrected chi connectivity index (χ4v) is 2.12. The minimum absolute atomic E-state index is 0.133. The molecule has 0 aromatic heterocycles. The second-order valence-corrected chi connectivity index (χ2v) is 4.43. The number of fused-ring (bicyclic) bond motifs is 1. The fourth-order valence-electron chi connectivity index (χ4n) is 2.12. The second kappa shape index (κ2) is 4.91. The molecule has 0 saturated heterocycles. The van der Waals surface area contributed by atoms with Gasteiger partial charge < -0.3 is 14.2 Å². The van der Waals surface area contributed by atoms with Crippen molar-refractivity contribution >= 4 is 11.9 Å². The normalized spacial score (nSPS) is 20.4. The van der Waals surface area contributed by atoms with Crippen molar-refractivity contribution in [3.05, 3.63) is 29.3 Å². The summed E-state index contributed by atoms with van der Waals surface area (Å²) in [7, 11) is 1.22. The SMILES string of the molecule is CCOC(=O)C1(C(=O)OC)Cc2ccc(C)cc2O1. The van der Waals surface area contributed by atoms with Crippen LogP contribution >= 0.6 is 0 Å². The fraction of sp³-hybridized carbons (Fsp3) is 0.429. The first-order valence-electron chi connectivity index (χ1n) is 6.07. The monoisotopic (exact) mass is 264 g/mol. The van der Waals surface area contributed by atoms with E-state index >= 15 is 0 Å². The Morgan fingerprint density at radius 3 is 2.74 bits per heavy atom. The maximum Gasteiger partial charge on any atom is 0.362 e. The average molecular weight is 264 g/mol. The van der Waals surface area contributed by atoms with Crippen molar-refractivity contribution in [3.63, 3.8) is 0 Å². The van der Waals surface area contributed by atoms with Gasteiger partial charge in [0, 0.05) is 6.42 Å². The van der Waals surface area contributed by atoms with Crippen molar-refractivity contribution < 1.29 is 23.8 Å². The zero-order valence-corrected chi connectivity index (χ0v) is 11.2. The van der Waals surface area contributed by atoms with Crippen molar-refractivity contribution in [3.8, 4) is 5.75 Å². The molecule has 1 aliphatic heterocycles. The topological polar surface area (TPSA) is 61.8 Å². The highest BCUT2D eigenvalue weighted by atomic mass is 16.6. The summed E-state index contributed by atoms with van der Waals surface area (Å²) >= 11 is 0. The second-order valence-electron chi connectivity index (χ2n) is 4.43. The Morgan fingerprint density at radius 2 is 2.11 bits per heavy atom. The number of ether oxygens (including phenoxy) is 3. The third kappa shape index (κ3) is 2.16. The molecule has 0 saturated carbocycles. The molecule has 1 aliphatic rings. The minimum atomic E-state index is -1.71. The van der Waals surface area contributed by atoms with Crippen LogP contribution in [0, 0.1) is 6.92 Å². The zero-order chi connectivity index (χ0) is 14.0. The van der Waals surface area contributed by atoms with Crippen molar-refractivity contribution in [2.45, 2.75) is 25.9 Å². The molecule has 0 spiro atoms. The van der Waals surface area contributed by atoms with Crippen LogP contribution in [0.4, 0.5) is 0 Å². The van der Waals surface area contributed by atoms with Crippen molar-refractivity contribution in [1.82, 2.24) is 0 Å². The highest BCUT2D eigenvalue weighted by molar-refractivity contribution is 6.05. The van der Waals surface area contributed by atoms with Gasteiger partial charge in [0.25, 0.3) is 0 Å². The third-order valence-corrected chi connectivity index (χ3v) is 3.07. The van der Waals surface area contributed by atoms with E-state index in [4.69, 9.17) is 14.2 Å². The lowest BCUT2D eigenvalue weighted by Gasteiger charge is -2.23. The van der Waals surface area contributed by atoms with E-state index in [0.29, 0.717) is 5.75 Å². The quantitative estimate of drug-likeness (QED) is 0.610. The van der Waals surface area contributed by atoms with Gasteiger partial charge in [-0.15, -0.1) is 0 Å². The lowest BCUT2D eigenvalue weighted by Crippen LogP contribution is -2.52. The molecular weight excluding hydrogens is 248 g/mol. The van der Waals surface area contributed by atoms with E-state index < -0.39 is 17.5 Å². The molecule has 5 heteroatoms. The number of aryl methyl sites for hydroxylation is 1. The Labute approximate surface area is 111 Å². The molecule has 0 fully saturated rings. The molecule has 102 valence electrons. The first kappa shape index (κ1) is 13.4. The summed E-state index contributed by atoms with van der Waals surface area (Å²) in [6, 6.07) is 5.54. The Balaban J connectivity index is 2.39. The third-order valence-electron chi connectivity index (χ3n) is 3.07. The summed E-state index contributed by atoms with van der Waals surface area (Å²) in [6.45, 7) is 3.76. The molecule has 1 aromatic rings. The molecule has 0 bridgehead atoms. The Hall–Kier alpha value is -2.04. The van der Waals surface area contributed by atoms with Crippen LogP contribution in [0.5, 0.6) is 5.75 Å². The lowest BCUT2D eigenvalue weighted by molar-refractivity contribution is -0.176. The van der Waals surface area contributed by atoms with Crippen molar-refractivity contribution in [1.29, 1.82) is 0 Å². The van der Waals surface area contributed by atoms with Gasteiger partial charge in [0.2, 0.25) is 0 Å². The lowest BCUT2D eigenvalue weighted by atomic mass is 9.97. The summed E-state index contributed by atoms with van der Waals surface area (Å²) in [5.74, 6) is -0.922. The summed E-state index contributed by atoms with van der Waals surface area (Å²) in [6.07, 6.45) is 0.133. The molecule has 0 aliphatic carbocycles. The molecule has 0 N–H and O–H groups in total. The molecule has 2 rings (SSSR count). The predicted molar refractivity (Wildman–Crippen MR) is 66.9 cm³/mol. The van der Waals surface area contributed by atoms with Crippen LogP contribution in [0.25, 0.3) is 0 Å². The molecule has 1 unspecified atom stereocenters. The van der Waals surface area contributed by atoms with Gasteiger partial charge >= 0.3 is 17.5 Å². The van der Waals surface area contributed by atoms with Gasteiger partial charge in [-0.3, -0.25) is 0 Å². The standard InChI is InChI=1S/C14H16O5/c1-4-18-13(16)14(12(15)17-3)8-10-6-5-9(2)7-11(10)19-14/h5-7H,4,8H2,1-3H3. The zero-order valence-electron chi connectivity index (χ0n) is 11.2.